The lowest BCUT2D eigenvalue weighted by Crippen LogP contribution is -2.37. The van der Waals surface area contributed by atoms with E-state index in [1.165, 1.54) is 22.2 Å². The van der Waals surface area contributed by atoms with E-state index in [1.54, 1.807) is 15.9 Å². The third kappa shape index (κ3) is 3.86. The molecule has 2 aromatic rings. The van der Waals surface area contributed by atoms with Crippen molar-refractivity contribution in [2.75, 3.05) is 13.2 Å². The number of carbonyl (C=O) groups is 1. The summed E-state index contributed by atoms with van der Waals surface area (Å²) in [6, 6.07) is 0. The molecular formula is C20H27N3O3S2. The van der Waals surface area contributed by atoms with Crippen LogP contribution in [0.15, 0.2) is 9.95 Å². The number of aromatic nitrogens is 2. The van der Waals surface area contributed by atoms with Crippen LogP contribution in [-0.4, -0.2) is 40.0 Å². The number of thioether (sulfide) groups is 1. The largest absolute Gasteiger partial charge is 0.376 e. The Morgan fingerprint density at radius 3 is 3.04 bits per heavy atom. The predicted octanol–water partition coefficient (Wildman–Crippen LogP) is 3.13. The minimum atomic E-state index is -0.319. The lowest BCUT2D eigenvalue weighted by atomic mass is 10.2. The quantitative estimate of drug-likeness (QED) is 0.549. The Labute approximate surface area is 173 Å². The third-order valence-corrected chi connectivity index (χ3v) is 7.69. The molecule has 152 valence electrons. The molecule has 0 bridgehead atoms. The summed E-state index contributed by atoms with van der Waals surface area (Å²) < 4.78 is 7.33. The smallest absolute Gasteiger partial charge is 0.263 e. The molecule has 28 heavy (non-hydrogen) atoms. The lowest BCUT2D eigenvalue weighted by molar-refractivity contribution is -0.120. The van der Waals surface area contributed by atoms with Gasteiger partial charge in [-0.2, -0.15) is 0 Å². The first kappa shape index (κ1) is 19.9. The fourth-order valence-corrected chi connectivity index (χ4v) is 6.21. The van der Waals surface area contributed by atoms with Crippen molar-refractivity contribution in [3.8, 4) is 0 Å². The Kier molecular flexibility index (Phi) is 6.08. The van der Waals surface area contributed by atoms with Crippen LogP contribution in [-0.2, 0) is 28.9 Å². The molecule has 1 aliphatic heterocycles. The number of fused-ring (bicyclic) bond motifs is 3. The maximum Gasteiger partial charge on any atom is 0.263 e. The zero-order chi connectivity index (χ0) is 19.7. The van der Waals surface area contributed by atoms with E-state index >= 15 is 0 Å². The van der Waals surface area contributed by atoms with Crippen LogP contribution in [0.4, 0.5) is 0 Å². The summed E-state index contributed by atoms with van der Waals surface area (Å²) in [5, 5.41) is 4.13. The van der Waals surface area contributed by atoms with Crippen LogP contribution in [0.2, 0.25) is 0 Å². The van der Waals surface area contributed by atoms with Crippen LogP contribution in [0.25, 0.3) is 10.2 Å². The van der Waals surface area contributed by atoms with Crippen molar-refractivity contribution in [2.45, 2.75) is 75.4 Å². The highest BCUT2D eigenvalue weighted by Gasteiger charge is 2.25. The number of thiophene rings is 1. The van der Waals surface area contributed by atoms with E-state index in [9.17, 15) is 9.59 Å². The molecule has 6 nitrogen and oxygen atoms in total. The first-order valence-corrected chi connectivity index (χ1v) is 11.9. The van der Waals surface area contributed by atoms with Gasteiger partial charge in [-0.05, 0) is 51.0 Å². The van der Waals surface area contributed by atoms with Gasteiger partial charge in [0.05, 0.1) is 16.7 Å². The molecule has 1 saturated heterocycles. The van der Waals surface area contributed by atoms with Crippen LogP contribution in [0, 0.1) is 0 Å². The normalized spacial score (nSPS) is 19.9. The van der Waals surface area contributed by atoms with E-state index in [-0.39, 0.29) is 22.8 Å². The number of hydrogen-bond acceptors (Lipinski definition) is 6. The maximum atomic E-state index is 13.2. The van der Waals surface area contributed by atoms with Crippen LogP contribution >= 0.6 is 23.1 Å². The number of nitrogens with one attached hydrogen (secondary N) is 1. The van der Waals surface area contributed by atoms with Crippen molar-refractivity contribution in [3.05, 3.63) is 20.8 Å². The molecule has 1 fully saturated rings. The monoisotopic (exact) mass is 421 g/mol. The summed E-state index contributed by atoms with van der Waals surface area (Å²) in [4.78, 5) is 32.7. The molecule has 1 N–H and O–H groups in total. The van der Waals surface area contributed by atoms with Crippen molar-refractivity contribution < 1.29 is 9.53 Å². The Bertz CT molecular complexity index is 931. The predicted molar refractivity (Wildman–Crippen MR) is 113 cm³/mol. The Hall–Kier alpha value is -1.38. The van der Waals surface area contributed by atoms with E-state index in [4.69, 9.17) is 9.72 Å². The summed E-state index contributed by atoms with van der Waals surface area (Å²) in [6.07, 6.45) is 6.19. The molecule has 2 aromatic heterocycles. The van der Waals surface area contributed by atoms with E-state index in [0.29, 0.717) is 18.2 Å². The molecule has 2 atom stereocenters. The van der Waals surface area contributed by atoms with Gasteiger partial charge in [0, 0.05) is 24.6 Å². The summed E-state index contributed by atoms with van der Waals surface area (Å²) in [6.45, 7) is 5.88. The summed E-state index contributed by atoms with van der Waals surface area (Å²) >= 11 is 3.03. The fraction of sp³-hybridized carbons (Fsp3) is 0.650. The molecule has 3 heterocycles. The van der Waals surface area contributed by atoms with Gasteiger partial charge in [0.15, 0.2) is 5.16 Å². The van der Waals surface area contributed by atoms with Gasteiger partial charge in [-0.15, -0.1) is 11.3 Å². The molecule has 1 aliphatic carbocycles. The highest BCUT2D eigenvalue weighted by atomic mass is 32.2. The number of carbonyl (C=O) groups excluding carboxylic acids is 1. The number of nitrogens with zero attached hydrogens (tertiary/aromatic N) is 2. The van der Waals surface area contributed by atoms with Crippen molar-refractivity contribution in [2.24, 2.45) is 0 Å². The lowest BCUT2D eigenvalue weighted by Gasteiger charge is -2.16. The Morgan fingerprint density at radius 1 is 1.43 bits per heavy atom. The van der Waals surface area contributed by atoms with Crippen molar-refractivity contribution >= 4 is 39.2 Å². The topological polar surface area (TPSA) is 73.2 Å². The van der Waals surface area contributed by atoms with Gasteiger partial charge < -0.3 is 10.1 Å². The minimum Gasteiger partial charge on any atom is -0.376 e. The molecular weight excluding hydrogens is 394 g/mol. The van der Waals surface area contributed by atoms with Gasteiger partial charge in [-0.25, -0.2) is 4.98 Å². The zero-order valence-corrected chi connectivity index (χ0v) is 18.1. The standard InChI is InChI=1S/C20H27N3O3S2/c1-3-9-23-19(25)16-14-7-4-8-15(14)28-18(16)22-20(23)27-12(2)17(24)21-11-13-6-5-10-26-13/h12-13H,3-11H2,1-2H3,(H,21,24)/t12-,13+/m0/s1. The molecule has 1 amide bonds. The van der Waals surface area contributed by atoms with Crippen LogP contribution in [0.1, 0.15) is 50.0 Å². The number of hydrogen-bond donors (Lipinski definition) is 1. The summed E-state index contributed by atoms with van der Waals surface area (Å²) in [5.41, 5.74) is 1.27. The Balaban J connectivity index is 1.56. The number of aryl methyl sites for hydroxylation is 2. The van der Waals surface area contributed by atoms with Crippen molar-refractivity contribution in [1.82, 2.24) is 14.9 Å². The van der Waals surface area contributed by atoms with Crippen LogP contribution in [0.3, 0.4) is 0 Å². The van der Waals surface area contributed by atoms with Gasteiger partial charge in [0.25, 0.3) is 5.56 Å². The minimum absolute atomic E-state index is 0.0356. The van der Waals surface area contributed by atoms with E-state index in [1.807, 2.05) is 6.92 Å². The van der Waals surface area contributed by atoms with Gasteiger partial charge in [0.2, 0.25) is 5.91 Å². The SMILES string of the molecule is CCCn1c(S[C@@H](C)C(=O)NC[C@H]2CCCO2)nc2sc3c(c2c1=O)CCC3. The molecule has 0 aromatic carbocycles. The average Bonchev–Trinajstić information content (AvgIpc) is 3.39. The Morgan fingerprint density at radius 2 is 2.29 bits per heavy atom. The molecule has 8 heteroatoms. The van der Waals surface area contributed by atoms with E-state index < -0.39 is 0 Å². The fourth-order valence-electron chi connectivity index (χ4n) is 3.94. The third-order valence-electron chi connectivity index (χ3n) is 5.42. The maximum absolute atomic E-state index is 13.2. The first-order valence-electron chi connectivity index (χ1n) is 10.2. The summed E-state index contributed by atoms with van der Waals surface area (Å²) in [7, 11) is 0. The molecule has 0 unspecified atom stereocenters. The number of rotatable bonds is 7. The van der Waals surface area contributed by atoms with Gasteiger partial charge in [0.1, 0.15) is 4.83 Å². The van der Waals surface area contributed by atoms with Crippen molar-refractivity contribution in [3.63, 3.8) is 0 Å². The number of ether oxygens (including phenoxy) is 1. The molecule has 0 radical (unpaired) electrons. The molecule has 2 aliphatic rings. The second-order valence-corrected chi connectivity index (χ2v) is 9.92. The molecule has 0 saturated carbocycles. The second kappa shape index (κ2) is 8.55. The second-order valence-electron chi connectivity index (χ2n) is 7.53. The zero-order valence-electron chi connectivity index (χ0n) is 16.5. The van der Waals surface area contributed by atoms with E-state index in [0.717, 1.165) is 55.3 Å². The highest BCUT2D eigenvalue weighted by molar-refractivity contribution is 8.00. The van der Waals surface area contributed by atoms with Gasteiger partial charge >= 0.3 is 0 Å². The highest BCUT2D eigenvalue weighted by Crippen LogP contribution is 2.36. The summed E-state index contributed by atoms with van der Waals surface area (Å²) in [5.74, 6) is -0.0356. The van der Waals surface area contributed by atoms with Crippen molar-refractivity contribution in [1.29, 1.82) is 0 Å². The van der Waals surface area contributed by atoms with Crippen LogP contribution in [0.5, 0.6) is 0 Å². The molecule has 0 spiro atoms. The van der Waals surface area contributed by atoms with Crippen LogP contribution < -0.4 is 10.9 Å². The number of amides is 1. The van der Waals surface area contributed by atoms with E-state index in [2.05, 4.69) is 12.2 Å². The van der Waals surface area contributed by atoms with Gasteiger partial charge in [-0.1, -0.05) is 18.7 Å². The van der Waals surface area contributed by atoms with Gasteiger partial charge in [-0.3, -0.25) is 14.2 Å². The average molecular weight is 422 g/mol. The first-order chi connectivity index (χ1) is 13.6. The molecule has 4 rings (SSSR count).